The van der Waals surface area contributed by atoms with E-state index >= 15 is 0 Å². The third-order valence-electron chi connectivity index (χ3n) is 5.33. The van der Waals surface area contributed by atoms with Gasteiger partial charge in [0.15, 0.2) is 0 Å². The summed E-state index contributed by atoms with van der Waals surface area (Å²) in [5.74, 6) is 0. The van der Waals surface area contributed by atoms with Crippen molar-refractivity contribution in [3.05, 3.63) is 47.5 Å². The topological polar surface area (TPSA) is 42.3 Å². The number of imidazole rings is 1. The quantitative estimate of drug-likeness (QED) is 0.937. The maximum Gasteiger partial charge on any atom is 0.100 e. The van der Waals surface area contributed by atoms with E-state index in [4.69, 9.17) is 4.74 Å². The van der Waals surface area contributed by atoms with E-state index in [2.05, 4.69) is 45.0 Å². The van der Waals surface area contributed by atoms with E-state index in [1.54, 1.807) is 0 Å². The summed E-state index contributed by atoms with van der Waals surface area (Å²) < 4.78 is 8.01. The molecule has 0 spiro atoms. The Kier molecular flexibility index (Phi) is 4.29. The second-order valence-electron chi connectivity index (χ2n) is 7.03. The summed E-state index contributed by atoms with van der Waals surface area (Å²) in [6.07, 6.45) is 7.16. The van der Waals surface area contributed by atoms with Gasteiger partial charge in [0.25, 0.3) is 0 Å². The van der Waals surface area contributed by atoms with Crippen molar-refractivity contribution in [3.63, 3.8) is 0 Å². The second-order valence-corrected chi connectivity index (χ2v) is 7.03. The molecular weight excluding hydrogens is 300 g/mol. The van der Waals surface area contributed by atoms with Crippen LogP contribution < -0.4 is 10.2 Å². The molecule has 0 amide bonds. The fraction of sp³-hybridized carbons (Fsp3) is 0.526. The molecule has 1 fully saturated rings. The molecule has 2 atom stereocenters. The largest absolute Gasteiger partial charge is 0.374 e. The minimum atomic E-state index is 0.150. The summed E-state index contributed by atoms with van der Waals surface area (Å²) in [5, 5.41) is 3.73. The summed E-state index contributed by atoms with van der Waals surface area (Å²) in [6.45, 7) is 2.88. The van der Waals surface area contributed by atoms with Gasteiger partial charge in [-0.3, -0.25) is 0 Å². The van der Waals surface area contributed by atoms with Gasteiger partial charge in [-0.25, -0.2) is 4.98 Å². The molecule has 5 nitrogen and oxygen atoms in total. The van der Waals surface area contributed by atoms with E-state index in [1.165, 1.54) is 28.9 Å². The number of likely N-dealkylation sites (N-methyl/N-ethyl adjacent to an activating group) is 1. The molecule has 1 saturated heterocycles. The fourth-order valence-corrected chi connectivity index (χ4v) is 3.86. The van der Waals surface area contributed by atoms with E-state index in [0.29, 0.717) is 6.04 Å². The SMILES string of the molecule is CN1CCc2cc(CN[C@H]3CCO[C@@H](c4cncn4C)C3)ccc21. The molecular formula is C19H26N4O. The Morgan fingerprint density at radius 1 is 1.33 bits per heavy atom. The number of benzene rings is 1. The van der Waals surface area contributed by atoms with E-state index in [1.807, 2.05) is 19.6 Å². The van der Waals surface area contributed by atoms with Gasteiger partial charge in [0.2, 0.25) is 0 Å². The number of anilines is 1. The predicted molar refractivity (Wildman–Crippen MR) is 95.2 cm³/mol. The highest BCUT2D eigenvalue weighted by Crippen LogP contribution is 2.29. The number of hydrogen-bond acceptors (Lipinski definition) is 4. The van der Waals surface area contributed by atoms with Crippen LogP contribution in [-0.4, -0.2) is 35.8 Å². The lowest BCUT2D eigenvalue weighted by atomic mass is 10.0. The van der Waals surface area contributed by atoms with Gasteiger partial charge in [-0.05, 0) is 36.5 Å². The van der Waals surface area contributed by atoms with Crippen molar-refractivity contribution in [1.29, 1.82) is 0 Å². The van der Waals surface area contributed by atoms with Gasteiger partial charge in [0, 0.05) is 45.5 Å². The first-order chi connectivity index (χ1) is 11.7. The number of fused-ring (bicyclic) bond motifs is 1. The van der Waals surface area contributed by atoms with Crippen LogP contribution in [0.15, 0.2) is 30.7 Å². The molecule has 2 aromatic rings. The Balaban J connectivity index is 1.37. The van der Waals surface area contributed by atoms with Gasteiger partial charge in [-0.15, -0.1) is 0 Å². The first kappa shape index (κ1) is 15.7. The van der Waals surface area contributed by atoms with Crippen molar-refractivity contribution in [1.82, 2.24) is 14.9 Å². The molecule has 0 saturated carbocycles. The molecule has 5 heteroatoms. The first-order valence-corrected chi connectivity index (χ1v) is 8.85. The molecule has 1 N–H and O–H groups in total. The van der Waals surface area contributed by atoms with Gasteiger partial charge < -0.3 is 19.5 Å². The molecule has 0 aliphatic carbocycles. The molecule has 0 radical (unpaired) electrons. The highest BCUT2D eigenvalue weighted by atomic mass is 16.5. The smallest absolute Gasteiger partial charge is 0.100 e. The third kappa shape index (κ3) is 3.06. The Morgan fingerprint density at radius 2 is 2.25 bits per heavy atom. The Hall–Kier alpha value is -1.85. The highest BCUT2D eigenvalue weighted by Gasteiger charge is 2.25. The number of rotatable bonds is 4. The van der Waals surface area contributed by atoms with Crippen LogP contribution in [0.25, 0.3) is 0 Å². The Labute approximate surface area is 143 Å². The number of nitrogens with one attached hydrogen (secondary N) is 1. The van der Waals surface area contributed by atoms with Crippen molar-refractivity contribution in [3.8, 4) is 0 Å². The summed E-state index contributed by atoms with van der Waals surface area (Å²) in [4.78, 5) is 6.55. The van der Waals surface area contributed by atoms with Crippen LogP contribution in [0.2, 0.25) is 0 Å². The third-order valence-corrected chi connectivity index (χ3v) is 5.33. The lowest BCUT2D eigenvalue weighted by Crippen LogP contribution is -2.36. The maximum absolute atomic E-state index is 5.95. The summed E-state index contributed by atoms with van der Waals surface area (Å²) in [7, 11) is 4.20. The van der Waals surface area contributed by atoms with Gasteiger partial charge >= 0.3 is 0 Å². The van der Waals surface area contributed by atoms with Crippen LogP contribution in [0.1, 0.15) is 35.8 Å². The molecule has 0 bridgehead atoms. The van der Waals surface area contributed by atoms with Crippen molar-refractivity contribution in [2.75, 3.05) is 25.1 Å². The van der Waals surface area contributed by atoms with Crippen LogP contribution in [0.5, 0.6) is 0 Å². The Bertz CT molecular complexity index is 711. The normalized spacial score (nSPS) is 23.5. The molecule has 4 rings (SSSR count). The molecule has 2 aliphatic rings. The number of nitrogens with zero attached hydrogens (tertiary/aromatic N) is 3. The lowest BCUT2D eigenvalue weighted by Gasteiger charge is -2.30. The van der Waals surface area contributed by atoms with Crippen molar-refractivity contribution in [2.45, 2.75) is 38.0 Å². The summed E-state index contributed by atoms with van der Waals surface area (Å²) in [5.41, 5.74) is 5.42. The van der Waals surface area contributed by atoms with Crippen LogP contribution in [0.3, 0.4) is 0 Å². The molecule has 0 unspecified atom stereocenters. The van der Waals surface area contributed by atoms with Crippen molar-refractivity contribution >= 4 is 5.69 Å². The van der Waals surface area contributed by atoms with Crippen LogP contribution >= 0.6 is 0 Å². The first-order valence-electron chi connectivity index (χ1n) is 8.85. The lowest BCUT2D eigenvalue weighted by molar-refractivity contribution is -0.00404. The maximum atomic E-state index is 5.95. The van der Waals surface area contributed by atoms with E-state index in [-0.39, 0.29) is 6.10 Å². The minimum absolute atomic E-state index is 0.150. The summed E-state index contributed by atoms with van der Waals surface area (Å²) in [6, 6.07) is 7.38. The summed E-state index contributed by atoms with van der Waals surface area (Å²) >= 11 is 0. The number of aromatic nitrogens is 2. The Morgan fingerprint density at radius 3 is 3.08 bits per heavy atom. The molecule has 24 heavy (non-hydrogen) atoms. The molecule has 2 aliphatic heterocycles. The van der Waals surface area contributed by atoms with Gasteiger partial charge in [-0.1, -0.05) is 12.1 Å². The van der Waals surface area contributed by atoms with Crippen molar-refractivity contribution < 1.29 is 4.74 Å². The van der Waals surface area contributed by atoms with Gasteiger partial charge in [0.05, 0.1) is 18.2 Å². The molecule has 1 aromatic heterocycles. The zero-order valence-corrected chi connectivity index (χ0v) is 14.5. The van der Waals surface area contributed by atoms with Crippen LogP contribution in [0.4, 0.5) is 5.69 Å². The monoisotopic (exact) mass is 326 g/mol. The standard InChI is InChI=1S/C19H26N4O/c1-22-7-5-15-9-14(3-4-17(15)22)11-21-16-6-8-24-19(10-16)18-12-20-13-23(18)2/h3-4,9,12-13,16,19,21H,5-8,10-11H2,1-2H3/t16-,19+/m0/s1. The van der Waals surface area contributed by atoms with Crippen molar-refractivity contribution in [2.24, 2.45) is 7.05 Å². The number of ether oxygens (including phenoxy) is 1. The van der Waals surface area contributed by atoms with Crippen LogP contribution in [0, 0.1) is 0 Å². The zero-order chi connectivity index (χ0) is 16.5. The van der Waals surface area contributed by atoms with Crippen LogP contribution in [-0.2, 0) is 24.8 Å². The van der Waals surface area contributed by atoms with Gasteiger partial charge in [0.1, 0.15) is 6.10 Å². The van der Waals surface area contributed by atoms with E-state index in [0.717, 1.165) is 32.5 Å². The minimum Gasteiger partial charge on any atom is -0.374 e. The number of hydrogen-bond donors (Lipinski definition) is 1. The van der Waals surface area contributed by atoms with Gasteiger partial charge in [-0.2, -0.15) is 0 Å². The van der Waals surface area contributed by atoms with E-state index < -0.39 is 0 Å². The predicted octanol–water partition coefficient (Wildman–Crippen LogP) is 2.42. The average Bonchev–Trinajstić information content (AvgIpc) is 3.19. The zero-order valence-electron chi connectivity index (χ0n) is 14.5. The second kappa shape index (κ2) is 6.57. The molecule has 128 valence electrons. The number of aryl methyl sites for hydroxylation is 1. The molecule has 3 heterocycles. The van der Waals surface area contributed by atoms with E-state index in [9.17, 15) is 0 Å². The molecule has 1 aromatic carbocycles. The average molecular weight is 326 g/mol. The highest BCUT2D eigenvalue weighted by molar-refractivity contribution is 5.58. The fourth-order valence-electron chi connectivity index (χ4n) is 3.86.